The fraction of sp³-hybridized carbons (Fsp3) is 0.391. The summed E-state index contributed by atoms with van der Waals surface area (Å²) in [6.07, 6.45) is -1.61. The van der Waals surface area contributed by atoms with Crippen molar-refractivity contribution < 1.29 is 31.2 Å². The van der Waals surface area contributed by atoms with Gasteiger partial charge in [-0.15, -0.1) is 0 Å². The molecule has 1 aliphatic carbocycles. The summed E-state index contributed by atoms with van der Waals surface area (Å²) < 4.78 is 67.9. The van der Waals surface area contributed by atoms with E-state index in [1.54, 1.807) is 6.07 Å². The molecule has 1 saturated carbocycles. The molecule has 2 aliphatic rings. The lowest BCUT2D eigenvalue weighted by atomic mass is 9.81. The minimum Gasteiger partial charge on any atom is -0.279 e. The number of alkyl halides is 3. The number of hydrogen-bond acceptors (Lipinski definition) is 4. The molecule has 0 spiro atoms. The molecule has 1 aliphatic heterocycles. The lowest BCUT2D eigenvalue weighted by Gasteiger charge is -2.19. The molecule has 2 amide bonds. The number of benzene rings is 2. The highest BCUT2D eigenvalue weighted by atomic mass is 32.2. The fourth-order valence-electron chi connectivity index (χ4n) is 4.62. The van der Waals surface area contributed by atoms with E-state index in [0.29, 0.717) is 24.0 Å². The number of likely N-dealkylation sites (tertiary alicyclic amines) is 1. The number of fused-ring (bicyclic) bond motifs is 1. The van der Waals surface area contributed by atoms with Gasteiger partial charge in [-0.25, -0.2) is 8.42 Å². The number of sulfonamides is 1. The Balaban J connectivity index is 1.62. The Morgan fingerprint density at radius 1 is 1.00 bits per heavy atom. The number of aryl methyl sites for hydroxylation is 1. The van der Waals surface area contributed by atoms with Crippen LogP contribution in [0.1, 0.15) is 42.4 Å². The largest absolute Gasteiger partial charge is 0.418 e. The number of nitrogens with one attached hydrogen (secondary N) is 1. The summed E-state index contributed by atoms with van der Waals surface area (Å²) in [4.78, 5) is 26.4. The molecule has 1 heterocycles. The van der Waals surface area contributed by atoms with Crippen molar-refractivity contribution >= 4 is 27.5 Å². The van der Waals surface area contributed by atoms with E-state index < -0.39 is 27.5 Å². The maximum absolute atomic E-state index is 13.3. The maximum Gasteiger partial charge on any atom is 0.418 e. The third-order valence-electron chi connectivity index (χ3n) is 6.29. The van der Waals surface area contributed by atoms with Crippen molar-refractivity contribution in [3.8, 4) is 0 Å². The van der Waals surface area contributed by atoms with Crippen molar-refractivity contribution in [3.05, 3.63) is 59.2 Å². The van der Waals surface area contributed by atoms with E-state index in [1.165, 1.54) is 36.1 Å². The van der Waals surface area contributed by atoms with Gasteiger partial charge in [-0.2, -0.15) is 13.2 Å². The lowest BCUT2D eigenvalue weighted by molar-refractivity contribution is -0.140. The Bertz CT molecular complexity index is 1190. The van der Waals surface area contributed by atoms with Crippen LogP contribution < -0.4 is 4.72 Å². The predicted molar refractivity (Wildman–Crippen MR) is 114 cm³/mol. The van der Waals surface area contributed by atoms with Gasteiger partial charge in [-0.3, -0.25) is 19.2 Å². The average molecular weight is 481 g/mol. The zero-order valence-electron chi connectivity index (χ0n) is 17.9. The molecule has 0 aromatic heterocycles. The Labute approximate surface area is 189 Å². The second-order valence-corrected chi connectivity index (χ2v) is 10.2. The number of rotatable bonds is 5. The lowest BCUT2D eigenvalue weighted by Crippen LogP contribution is -2.30. The molecule has 33 heavy (non-hydrogen) atoms. The highest BCUT2D eigenvalue weighted by molar-refractivity contribution is 7.92. The molecule has 1 N–H and O–H groups in total. The summed E-state index contributed by atoms with van der Waals surface area (Å²) >= 11 is 0. The zero-order chi connectivity index (χ0) is 24.0. The third-order valence-corrected chi connectivity index (χ3v) is 7.80. The topological polar surface area (TPSA) is 83.6 Å². The molecule has 0 unspecified atom stereocenters. The molecule has 4 rings (SSSR count). The van der Waals surface area contributed by atoms with E-state index in [-0.39, 0.29) is 35.1 Å². The highest BCUT2D eigenvalue weighted by Crippen LogP contribution is 2.39. The van der Waals surface area contributed by atoms with Crippen molar-refractivity contribution in [2.45, 2.75) is 50.2 Å². The first-order valence-electron chi connectivity index (χ1n) is 10.6. The number of hydrogen-bond donors (Lipinski definition) is 1. The molecular weight excluding hydrogens is 457 g/mol. The monoisotopic (exact) mass is 480 g/mol. The van der Waals surface area contributed by atoms with Gasteiger partial charge in [-0.05, 0) is 49.1 Å². The smallest absolute Gasteiger partial charge is 0.279 e. The number of anilines is 1. The first-order valence-corrected chi connectivity index (χ1v) is 12.1. The molecule has 1 saturated heterocycles. The number of imide groups is 1. The van der Waals surface area contributed by atoms with Crippen LogP contribution in [0.15, 0.2) is 47.4 Å². The van der Waals surface area contributed by atoms with Gasteiger partial charge in [0.15, 0.2) is 0 Å². The summed E-state index contributed by atoms with van der Waals surface area (Å²) in [6, 6.07) is 8.75. The van der Waals surface area contributed by atoms with Crippen LogP contribution in [-0.4, -0.2) is 25.1 Å². The van der Waals surface area contributed by atoms with Gasteiger partial charge in [0.2, 0.25) is 11.8 Å². The van der Waals surface area contributed by atoms with Crippen LogP contribution in [0.25, 0.3) is 0 Å². The summed E-state index contributed by atoms with van der Waals surface area (Å²) in [5, 5.41) is 0. The summed E-state index contributed by atoms with van der Waals surface area (Å²) in [5.74, 6) is -1.13. The van der Waals surface area contributed by atoms with E-state index >= 15 is 0 Å². The molecule has 10 heteroatoms. The minimum atomic E-state index is -4.73. The van der Waals surface area contributed by atoms with Crippen LogP contribution >= 0.6 is 0 Å². The second kappa shape index (κ2) is 8.48. The first-order chi connectivity index (χ1) is 15.5. The molecular formula is C23H23F3N2O4S. The summed E-state index contributed by atoms with van der Waals surface area (Å²) in [6.45, 7) is 1.45. The molecule has 176 valence electrons. The summed E-state index contributed by atoms with van der Waals surface area (Å²) in [5.41, 5.74) is -0.948. The van der Waals surface area contributed by atoms with Crippen molar-refractivity contribution in [2.24, 2.45) is 11.8 Å². The SMILES string of the molecule is Cc1ccc(CN2C(=O)[C@H]3CCCC[C@H]3C2=O)cc1S(=O)(=O)Nc1ccccc1C(F)(F)F. The molecule has 2 aromatic carbocycles. The quantitative estimate of drug-likeness (QED) is 0.640. The zero-order valence-corrected chi connectivity index (χ0v) is 18.7. The molecule has 0 bridgehead atoms. The van der Waals surface area contributed by atoms with Gasteiger partial charge in [0, 0.05) is 0 Å². The van der Waals surface area contributed by atoms with Crippen LogP contribution in [0.5, 0.6) is 0 Å². The number of para-hydroxylation sites is 1. The van der Waals surface area contributed by atoms with E-state index in [4.69, 9.17) is 0 Å². The maximum atomic E-state index is 13.3. The fourth-order valence-corrected chi connectivity index (χ4v) is 6.00. The van der Waals surface area contributed by atoms with Crippen molar-refractivity contribution in [3.63, 3.8) is 0 Å². The van der Waals surface area contributed by atoms with Gasteiger partial charge in [-0.1, -0.05) is 37.1 Å². The first kappa shape index (κ1) is 23.3. The number of carbonyl (C=O) groups excluding carboxylic acids is 2. The van der Waals surface area contributed by atoms with E-state index in [2.05, 4.69) is 0 Å². The predicted octanol–water partition coefficient (Wildman–Crippen LogP) is 4.49. The van der Waals surface area contributed by atoms with Crippen LogP contribution in [0.4, 0.5) is 18.9 Å². The second-order valence-electron chi connectivity index (χ2n) is 8.51. The van der Waals surface area contributed by atoms with E-state index in [9.17, 15) is 31.2 Å². The van der Waals surface area contributed by atoms with Crippen molar-refractivity contribution in [1.29, 1.82) is 0 Å². The molecule has 2 aromatic rings. The van der Waals surface area contributed by atoms with E-state index in [1.807, 2.05) is 4.72 Å². The van der Waals surface area contributed by atoms with Gasteiger partial charge < -0.3 is 0 Å². The van der Waals surface area contributed by atoms with Crippen molar-refractivity contribution in [2.75, 3.05) is 4.72 Å². The van der Waals surface area contributed by atoms with Crippen LogP contribution in [0, 0.1) is 18.8 Å². The van der Waals surface area contributed by atoms with Gasteiger partial charge in [0.1, 0.15) is 0 Å². The van der Waals surface area contributed by atoms with Gasteiger partial charge in [0.05, 0.1) is 34.5 Å². The Kier molecular flexibility index (Phi) is 5.98. The van der Waals surface area contributed by atoms with Crippen LogP contribution in [0.3, 0.4) is 0 Å². The summed E-state index contributed by atoms with van der Waals surface area (Å²) in [7, 11) is -4.37. The molecule has 2 atom stereocenters. The van der Waals surface area contributed by atoms with Gasteiger partial charge >= 0.3 is 6.18 Å². The number of carbonyl (C=O) groups is 2. The number of halogens is 3. The molecule has 0 radical (unpaired) electrons. The van der Waals surface area contributed by atoms with E-state index in [0.717, 1.165) is 25.0 Å². The normalized spacial score (nSPS) is 21.3. The molecule has 2 fully saturated rings. The minimum absolute atomic E-state index is 0.0768. The Morgan fingerprint density at radius 3 is 2.21 bits per heavy atom. The Hall–Kier alpha value is -2.88. The number of amides is 2. The van der Waals surface area contributed by atoms with Crippen LogP contribution in [0.2, 0.25) is 0 Å². The van der Waals surface area contributed by atoms with Crippen molar-refractivity contribution in [1.82, 2.24) is 4.90 Å². The van der Waals surface area contributed by atoms with Crippen LogP contribution in [-0.2, 0) is 32.3 Å². The third kappa shape index (κ3) is 4.48. The Morgan fingerprint density at radius 2 is 1.61 bits per heavy atom. The number of nitrogens with zero attached hydrogens (tertiary/aromatic N) is 1. The average Bonchev–Trinajstić information content (AvgIpc) is 2.99. The molecule has 6 nitrogen and oxygen atoms in total. The van der Waals surface area contributed by atoms with Gasteiger partial charge in [0.25, 0.3) is 10.0 Å². The highest BCUT2D eigenvalue weighted by Gasteiger charge is 2.48. The standard InChI is InChI=1S/C23H23F3N2O4S/c1-14-10-11-15(13-28-21(29)16-6-2-3-7-17(16)22(28)30)12-20(14)33(31,32)27-19-9-5-4-8-18(19)23(24,25)26/h4-5,8-12,16-17,27H,2-3,6-7,13H2,1H3/t16-,17+.